The minimum Gasteiger partial charge on any atom is -0.494 e. The van der Waals surface area contributed by atoms with E-state index < -0.39 is 0 Å². The van der Waals surface area contributed by atoms with Gasteiger partial charge in [-0.25, -0.2) is 0 Å². The van der Waals surface area contributed by atoms with Crippen LogP contribution in [-0.4, -0.2) is 17.6 Å². The number of amidine groups is 1. The number of oxime groups is 1. The zero-order chi connectivity index (χ0) is 13.9. The van der Waals surface area contributed by atoms with Crippen molar-refractivity contribution in [2.75, 3.05) is 6.61 Å². The second-order valence-corrected chi connectivity index (χ2v) is 4.67. The quantitative estimate of drug-likeness (QED) is 0.236. The molecule has 3 N–H and O–H groups in total. The Bertz CT molecular complexity index is 374. The first-order valence-electron chi connectivity index (χ1n) is 6.94. The molecule has 0 bridgehead atoms. The number of hydrogen-bond acceptors (Lipinski definition) is 3. The van der Waals surface area contributed by atoms with Gasteiger partial charge in [-0.3, -0.25) is 0 Å². The van der Waals surface area contributed by atoms with Crippen molar-refractivity contribution in [2.24, 2.45) is 10.9 Å². The maximum Gasteiger partial charge on any atom is 0.143 e. The van der Waals surface area contributed by atoms with Crippen LogP contribution in [0.5, 0.6) is 5.75 Å². The molecule has 0 amide bonds. The summed E-state index contributed by atoms with van der Waals surface area (Å²) in [6.45, 7) is 2.98. The summed E-state index contributed by atoms with van der Waals surface area (Å²) < 4.78 is 5.66. The Morgan fingerprint density at radius 1 is 1.16 bits per heavy atom. The van der Waals surface area contributed by atoms with Gasteiger partial charge in [0.2, 0.25) is 0 Å². The van der Waals surface area contributed by atoms with Gasteiger partial charge in [0, 0.05) is 6.42 Å². The van der Waals surface area contributed by atoms with Crippen molar-refractivity contribution in [1.29, 1.82) is 0 Å². The molecule has 1 rings (SSSR count). The number of ether oxygens (including phenoxy) is 1. The van der Waals surface area contributed by atoms with E-state index in [-0.39, 0.29) is 5.84 Å². The first kappa shape index (κ1) is 15.3. The van der Waals surface area contributed by atoms with E-state index >= 15 is 0 Å². The number of nitrogens with two attached hydrogens (primary N) is 1. The van der Waals surface area contributed by atoms with Gasteiger partial charge in [-0.15, -0.1) is 0 Å². The van der Waals surface area contributed by atoms with Gasteiger partial charge in [0.15, 0.2) is 0 Å². The van der Waals surface area contributed by atoms with Crippen LogP contribution < -0.4 is 10.5 Å². The highest BCUT2D eigenvalue weighted by Gasteiger charge is 1.99. The lowest BCUT2D eigenvalue weighted by molar-refractivity contribution is 0.304. The molecule has 0 unspecified atom stereocenters. The minimum absolute atomic E-state index is 0.213. The van der Waals surface area contributed by atoms with Gasteiger partial charge in [0.1, 0.15) is 11.6 Å². The van der Waals surface area contributed by atoms with Crippen LogP contribution in [0.3, 0.4) is 0 Å². The Morgan fingerprint density at radius 3 is 2.47 bits per heavy atom. The maximum atomic E-state index is 8.49. The molecule has 0 radical (unpaired) electrons. The summed E-state index contributed by atoms with van der Waals surface area (Å²) in [5, 5.41) is 11.4. The van der Waals surface area contributed by atoms with Crippen molar-refractivity contribution in [3.8, 4) is 5.75 Å². The summed E-state index contributed by atoms with van der Waals surface area (Å²) in [6.07, 6.45) is 6.65. The molecule has 4 nitrogen and oxygen atoms in total. The fraction of sp³-hybridized carbons (Fsp3) is 0.533. The highest BCUT2D eigenvalue weighted by atomic mass is 16.5. The molecule has 0 saturated carbocycles. The van der Waals surface area contributed by atoms with Gasteiger partial charge < -0.3 is 15.7 Å². The van der Waals surface area contributed by atoms with Crippen molar-refractivity contribution < 1.29 is 9.94 Å². The monoisotopic (exact) mass is 264 g/mol. The average Bonchev–Trinajstić information content (AvgIpc) is 2.44. The fourth-order valence-corrected chi connectivity index (χ4v) is 1.84. The predicted molar refractivity (Wildman–Crippen MR) is 77.8 cm³/mol. The van der Waals surface area contributed by atoms with E-state index in [1.807, 2.05) is 24.3 Å². The van der Waals surface area contributed by atoms with Gasteiger partial charge in [0.05, 0.1) is 6.61 Å². The van der Waals surface area contributed by atoms with Crippen LogP contribution >= 0.6 is 0 Å². The standard InChI is InChI=1S/C15H24N2O2/c1-2-3-4-5-6-11-19-14-9-7-13(8-10-14)12-15(16)17-18/h7-10,18H,2-6,11-12H2,1H3,(H2,16,17). The first-order valence-corrected chi connectivity index (χ1v) is 6.94. The molecule has 0 heterocycles. The highest BCUT2D eigenvalue weighted by molar-refractivity contribution is 5.81. The summed E-state index contributed by atoms with van der Waals surface area (Å²) in [5.41, 5.74) is 6.46. The third kappa shape index (κ3) is 6.70. The number of benzene rings is 1. The number of rotatable bonds is 9. The fourth-order valence-electron chi connectivity index (χ4n) is 1.84. The second kappa shape index (κ2) is 9.25. The van der Waals surface area contributed by atoms with Crippen molar-refractivity contribution in [3.05, 3.63) is 29.8 Å². The van der Waals surface area contributed by atoms with E-state index in [9.17, 15) is 0 Å². The normalized spacial score (nSPS) is 11.5. The van der Waals surface area contributed by atoms with Crippen LogP contribution in [0.1, 0.15) is 44.6 Å². The van der Waals surface area contributed by atoms with E-state index in [1.165, 1.54) is 25.7 Å². The largest absolute Gasteiger partial charge is 0.494 e. The molecular weight excluding hydrogens is 240 g/mol. The smallest absolute Gasteiger partial charge is 0.143 e. The summed E-state index contributed by atoms with van der Waals surface area (Å²) in [7, 11) is 0. The summed E-state index contributed by atoms with van der Waals surface area (Å²) in [6, 6.07) is 7.72. The number of nitrogens with zero attached hydrogens (tertiary/aromatic N) is 1. The summed E-state index contributed by atoms with van der Waals surface area (Å²) in [4.78, 5) is 0. The van der Waals surface area contributed by atoms with Crippen LogP contribution in [0.4, 0.5) is 0 Å². The van der Waals surface area contributed by atoms with Gasteiger partial charge in [-0.1, -0.05) is 49.9 Å². The van der Waals surface area contributed by atoms with E-state index in [2.05, 4.69) is 12.1 Å². The average molecular weight is 264 g/mol. The van der Waals surface area contributed by atoms with Crippen LogP contribution in [0.2, 0.25) is 0 Å². The van der Waals surface area contributed by atoms with Gasteiger partial charge in [-0.05, 0) is 24.1 Å². The van der Waals surface area contributed by atoms with Crippen molar-refractivity contribution in [1.82, 2.24) is 0 Å². The Labute approximate surface area is 115 Å². The highest BCUT2D eigenvalue weighted by Crippen LogP contribution is 2.13. The molecule has 106 valence electrons. The van der Waals surface area contributed by atoms with Gasteiger partial charge in [0.25, 0.3) is 0 Å². The predicted octanol–water partition coefficient (Wildman–Crippen LogP) is 3.32. The molecule has 0 fully saturated rings. The number of hydrogen-bond donors (Lipinski definition) is 2. The summed E-state index contributed by atoms with van der Waals surface area (Å²) in [5.74, 6) is 1.09. The van der Waals surface area contributed by atoms with Gasteiger partial charge in [-0.2, -0.15) is 0 Å². The molecule has 0 aliphatic carbocycles. The zero-order valence-electron chi connectivity index (χ0n) is 11.6. The molecule has 4 heteroatoms. The van der Waals surface area contributed by atoms with Crippen molar-refractivity contribution in [3.63, 3.8) is 0 Å². The third-order valence-electron chi connectivity index (χ3n) is 2.95. The Balaban J connectivity index is 2.24. The van der Waals surface area contributed by atoms with Crippen molar-refractivity contribution in [2.45, 2.75) is 45.4 Å². The molecule has 1 aromatic rings. The van der Waals surface area contributed by atoms with Crippen LogP contribution in [0.25, 0.3) is 0 Å². The van der Waals surface area contributed by atoms with E-state index in [1.54, 1.807) is 0 Å². The lowest BCUT2D eigenvalue weighted by Gasteiger charge is -2.07. The molecule has 0 saturated heterocycles. The van der Waals surface area contributed by atoms with E-state index in [4.69, 9.17) is 15.7 Å². The van der Waals surface area contributed by atoms with Crippen LogP contribution in [0, 0.1) is 0 Å². The number of unbranched alkanes of at least 4 members (excludes halogenated alkanes) is 4. The third-order valence-corrected chi connectivity index (χ3v) is 2.95. The molecule has 0 atom stereocenters. The Morgan fingerprint density at radius 2 is 1.84 bits per heavy atom. The second-order valence-electron chi connectivity index (χ2n) is 4.67. The van der Waals surface area contributed by atoms with E-state index in [0.29, 0.717) is 6.42 Å². The lowest BCUT2D eigenvalue weighted by Crippen LogP contribution is -2.14. The Hall–Kier alpha value is -1.71. The molecule has 19 heavy (non-hydrogen) atoms. The SMILES string of the molecule is CCCCCCCOc1ccc(C/C(N)=N/O)cc1. The zero-order valence-corrected chi connectivity index (χ0v) is 11.6. The first-order chi connectivity index (χ1) is 9.26. The van der Waals surface area contributed by atoms with Crippen molar-refractivity contribution >= 4 is 5.84 Å². The van der Waals surface area contributed by atoms with Crippen LogP contribution in [-0.2, 0) is 6.42 Å². The van der Waals surface area contributed by atoms with Crippen LogP contribution in [0.15, 0.2) is 29.4 Å². The minimum atomic E-state index is 0.213. The van der Waals surface area contributed by atoms with Gasteiger partial charge >= 0.3 is 0 Å². The molecule has 0 aliphatic rings. The molecular formula is C15H24N2O2. The molecule has 0 spiro atoms. The Kier molecular flexibility index (Phi) is 7.47. The molecule has 0 aliphatic heterocycles. The summed E-state index contributed by atoms with van der Waals surface area (Å²) >= 11 is 0. The topological polar surface area (TPSA) is 67.8 Å². The molecule has 1 aromatic carbocycles. The van der Waals surface area contributed by atoms with E-state index in [0.717, 1.165) is 24.3 Å². The lowest BCUT2D eigenvalue weighted by atomic mass is 10.1. The molecule has 0 aromatic heterocycles. The maximum absolute atomic E-state index is 8.49.